The van der Waals surface area contributed by atoms with Gasteiger partial charge in [0.25, 0.3) is 0 Å². The third-order valence-corrected chi connectivity index (χ3v) is 5.24. The second-order valence-corrected chi connectivity index (χ2v) is 6.72. The molecule has 118 valence electrons. The van der Waals surface area contributed by atoms with Crippen molar-refractivity contribution in [3.8, 4) is 0 Å². The van der Waals surface area contributed by atoms with Crippen LogP contribution in [0, 0.1) is 11.8 Å². The summed E-state index contributed by atoms with van der Waals surface area (Å²) in [6, 6.07) is 1.26. The third-order valence-electron chi connectivity index (χ3n) is 5.24. The molecule has 3 fully saturated rings. The lowest BCUT2D eigenvalue weighted by Crippen LogP contribution is -2.47. The zero-order valence-electron chi connectivity index (χ0n) is 12.8. The van der Waals surface area contributed by atoms with Gasteiger partial charge in [-0.05, 0) is 32.1 Å². The molecule has 5 heteroatoms. The van der Waals surface area contributed by atoms with E-state index in [0.29, 0.717) is 18.5 Å². The maximum atomic E-state index is 12.3. The van der Waals surface area contributed by atoms with Crippen LogP contribution in [0.15, 0.2) is 0 Å². The van der Waals surface area contributed by atoms with Crippen LogP contribution in [0.1, 0.15) is 44.9 Å². The van der Waals surface area contributed by atoms with Crippen LogP contribution in [0.5, 0.6) is 0 Å². The molecule has 2 saturated carbocycles. The van der Waals surface area contributed by atoms with Gasteiger partial charge in [-0.1, -0.05) is 12.8 Å². The highest BCUT2D eigenvalue weighted by Crippen LogP contribution is 2.41. The molecule has 3 rings (SSSR count). The van der Waals surface area contributed by atoms with Crippen LogP contribution < -0.4 is 5.32 Å². The highest BCUT2D eigenvalue weighted by molar-refractivity contribution is 5.90. The molecule has 1 N–H and O–H groups in total. The van der Waals surface area contributed by atoms with E-state index in [1.807, 2.05) is 4.90 Å². The number of nitrogens with one attached hydrogen (secondary N) is 1. The SMILES string of the molecule is COC(=O)[C@@H]1C[C@@H]1C(=O)N1CCC(NC2CCCC2)CC1. The Kier molecular flexibility index (Phi) is 4.48. The average Bonchev–Trinajstić information content (AvgIpc) is 3.16. The van der Waals surface area contributed by atoms with Crippen LogP contribution in [0.4, 0.5) is 0 Å². The van der Waals surface area contributed by atoms with Crippen molar-refractivity contribution in [1.82, 2.24) is 10.2 Å². The highest BCUT2D eigenvalue weighted by atomic mass is 16.5. The molecule has 2 atom stereocenters. The van der Waals surface area contributed by atoms with Crippen molar-refractivity contribution < 1.29 is 14.3 Å². The molecular formula is C16H26N2O3. The molecule has 21 heavy (non-hydrogen) atoms. The van der Waals surface area contributed by atoms with Crippen LogP contribution in [0.2, 0.25) is 0 Å². The largest absolute Gasteiger partial charge is 0.469 e. The number of likely N-dealkylation sites (tertiary alicyclic amines) is 1. The Morgan fingerprint density at radius 3 is 2.24 bits per heavy atom. The van der Waals surface area contributed by atoms with Crippen molar-refractivity contribution in [1.29, 1.82) is 0 Å². The summed E-state index contributed by atoms with van der Waals surface area (Å²) in [6.07, 6.45) is 8.07. The average molecular weight is 294 g/mol. The number of amides is 1. The molecule has 5 nitrogen and oxygen atoms in total. The number of carbonyl (C=O) groups excluding carboxylic acids is 2. The van der Waals surface area contributed by atoms with E-state index < -0.39 is 0 Å². The van der Waals surface area contributed by atoms with E-state index in [1.165, 1.54) is 32.8 Å². The van der Waals surface area contributed by atoms with Gasteiger partial charge in [-0.15, -0.1) is 0 Å². The molecule has 0 radical (unpaired) electrons. The summed E-state index contributed by atoms with van der Waals surface area (Å²) in [6.45, 7) is 1.65. The Balaban J connectivity index is 1.41. The molecule has 0 aromatic carbocycles. The molecule has 0 unspecified atom stereocenters. The molecule has 2 aliphatic carbocycles. The first-order valence-corrected chi connectivity index (χ1v) is 8.31. The lowest BCUT2D eigenvalue weighted by atomic mass is 10.0. The minimum atomic E-state index is -0.230. The van der Waals surface area contributed by atoms with Gasteiger partial charge in [-0.3, -0.25) is 9.59 Å². The zero-order chi connectivity index (χ0) is 14.8. The van der Waals surface area contributed by atoms with Gasteiger partial charge in [0, 0.05) is 25.2 Å². The third kappa shape index (κ3) is 3.39. The fourth-order valence-corrected chi connectivity index (χ4v) is 3.81. The topological polar surface area (TPSA) is 58.6 Å². The van der Waals surface area contributed by atoms with Gasteiger partial charge in [0.15, 0.2) is 0 Å². The first-order valence-electron chi connectivity index (χ1n) is 8.31. The molecular weight excluding hydrogens is 268 g/mol. The minimum absolute atomic E-state index is 0.114. The Morgan fingerprint density at radius 1 is 1.00 bits per heavy atom. The smallest absolute Gasteiger partial charge is 0.309 e. The first-order chi connectivity index (χ1) is 10.2. The van der Waals surface area contributed by atoms with Crippen LogP contribution in [-0.2, 0) is 14.3 Å². The van der Waals surface area contributed by atoms with E-state index in [0.717, 1.165) is 25.9 Å². The Bertz CT molecular complexity index is 398. The van der Waals surface area contributed by atoms with E-state index in [2.05, 4.69) is 5.32 Å². The van der Waals surface area contributed by atoms with Crippen LogP contribution in [-0.4, -0.2) is 49.1 Å². The zero-order valence-corrected chi connectivity index (χ0v) is 12.8. The summed E-state index contributed by atoms with van der Waals surface area (Å²) in [4.78, 5) is 25.7. The number of methoxy groups -OCH3 is 1. The van der Waals surface area contributed by atoms with Crippen molar-refractivity contribution in [3.63, 3.8) is 0 Å². The van der Waals surface area contributed by atoms with E-state index in [1.54, 1.807) is 0 Å². The fraction of sp³-hybridized carbons (Fsp3) is 0.875. The number of esters is 1. The lowest BCUT2D eigenvalue weighted by Gasteiger charge is -2.34. The summed E-state index contributed by atoms with van der Waals surface area (Å²) in [5.74, 6) is -0.371. The molecule has 1 heterocycles. The van der Waals surface area contributed by atoms with Gasteiger partial charge in [0.05, 0.1) is 18.9 Å². The standard InChI is InChI=1S/C16H26N2O3/c1-21-16(20)14-10-13(14)15(19)18-8-6-12(7-9-18)17-11-4-2-3-5-11/h11-14,17H,2-10H2,1H3/t13-,14+/m0/s1. The van der Waals surface area contributed by atoms with Gasteiger partial charge in [-0.2, -0.15) is 0 Å². The molecule has 0 aromatic rings. The summed E-state index contributed by atoms with van der Waals surface area (Å²) in [5, 5.41) is 3.75. The predicted octanol–water partition coefficient (Wildman–Crippen LogP) is 1.32. The number of hydrogen-bond donors (Lipinski definition) is 1. The fourth-order valence-electron chi connectivity index (χ4n) is 3.81. The van der Waals surface area contributed by atoms with Crippen molar-refractivity contribution >= 4 is 11.9 Å². The minimum Gasteiger partial charge on any atom is -0.469 e. The summed E-state index contributed by atoms with van der Waals surface area (Å²) in [5.41, 5.74) is 0. The van der Waals surface area contributed by atoms with Gasteiger partial charge < -0.3 is 15.0 Å². The van der Waals surface area contributed by atoms with E-state index in [-0.39, 0.29) is 23.7 Å². The predicted molar refractivity (Wildman–Crippen MR) is 78.6 cm³/mol. The molecule has 1 saturated heterocycles. The van der Waals surface area contributed by atoms with Gasteiger partial charge in [0.2, 0.25) is 5.91 Å². The van der Waals surface area contributed by atoms with Crippen molar-refractivity contribution in [2.75, 3.05) is 20.2 Å². The van der Waals surface area contributed by atoms with Gasteiger partial charge in [0.1, 0.15) is 0 Å². The monoisotopic (exact) mass is 294 g/mol. The number of piperidine rings is 1. The maximum Gasteiger partial charge on any atom is 0.309 e. The molecule has 0 spiro atoms. The number of hydrogen-bond acceptors (Lipinski definition) is 4. The summed E-state index contributed by atoms with van der Waals surface area (Å²) >= 11 is 0. The van der Waals surface area contributed by atoms with E-state index in [4.69, 9.17) is 4.74 Å². The van der Waals surface area contributed by atoms with Crippen LogP contribution >= 0.6 is 0 Å². The van der Waals surface area contributed by atoms with Gasteiger partial charge in [-0.25, -0.2) is 0 Å². The maximum absolute atomic E-state index is 12.3. The normalized spacial score (nSPS) is 30.4. The van der Waals surface area contributed by atoms with Crippen molar-refractivity contribution in [2.45, 2.75) is 57.0 Å². The van der Waals surface area contributed by atoms with Crippen LogP contribution in [0.3, 0.4) is 0 Å². The Labute approximate surface area is 126 Å². The summed E-state index contributed by atoms with van der Waals surface area (Å²) in [7, 11) is 1.39. The molecule has 3 aliphatic rings. The van der Waals surface area contributed by atoms with Crippen LogP contribution in [0.25, 0.3) is 0 Å². The number of nitrogens with zero attached hydrogens (tertiary/aromatic N) is 1. The van der Waals surface area contributed by atoms with Crippen molar-refractivity contribution in [2.24, 2.45) is 11.8 Å². The quantitative estimate of drug-likeness (QED) is 0.795. The number of ether oxygens (including phenoxy) is 1. The molecule has 0 bridgehead atoms. The van der Waals surface area contributed by atoms with Gasteiger partial charge >= 0.3 is 5.97 Å². The first kappa shape index (κ1) is 14.8. The highest BCUT2D eigenvalue weighted by Gasteiger charge is 2.50. The summed E-state index contributed by atoms with van der Waals surface area (Å²) < 4.78 is 4.71. The second kappa shape index (κ2) is 6.34. The molecule has 1 aliphatic heterocycles. The second-order valence-electron chi connectivity index (χ2n) is 6.72. The molecule has 1 amide bonds. The van der Waals surface area contributed by atoms with E-state index in [9.17, 15) is 9.59 Å². The Hall–Kier alpha value is -1.10. The molecule has 0 aromatic heterocycles. The lowest BCUT2D eigenvalue weighted by molar-refractivity contribution is -0.145. The van der Waals surface area contributed by atoms with E-state index >= 15 is 0 Å². The number of carbonyl (C=O) groups is 2. The Morgan fingerprint density at radius 2 is 1.62 bits per heavy atom. The number of rotatable bonds is 4. The van der Waals surface area contributed by atoms with Crippen molar-refractivity contribution in [3.05, 3.63) is 0 Å².